The summed E-state index contributed by atoms with van der Waals surface area (Å²) in [4.78, 5) is 10.2. The van der Waals surface area contributed by atoms with Crippen molar-refractivity contribution in [3.63, 3.8) is 0 Å². The third kappa shape index (κ3) is 7.15. The number of aryl methyl sites for hydroxylation is 2. The average Bonchev–Trinajstić information content (AvgIpc) is 2.85. The largest absolute Gasteiger partial charge is 0.367 e. The Kier molecular flexibility index (Phi) is 9.07. The van der Waals surface area contributed by atoms with E-state index < -0.39 is 16.1 Å². The number of halogens is 3. The van der Waals surface area contributed by atoms with Gasteiger partial charge in [-0.05, 0) is 87.8 Å². The number of aromatic nitrogens is 2. The lowest BCUT2D eigenvalue weighted by Crippen LogP contribution is -2.39. The van der Waals surface area contributed by atoms with Gasteiger partial charge in [0.2, 0.25) is 17.0 Å². The summed E-state index contributed by atoms with van der Waals surface area (Å²) in [5.74, 6) is 2.89. The van der Waals surface area contributed by atoms with E-state index in [1.807, 2.05) is 19.9 Å². The number of nitrogens with one attached hydrogen (secondary N) is 1. The normalized spacial score (nSPS) is 16.3. The Labute approximate surface area is 219 Å². The van der Waals surface area contributed by atoms with Crippen LogP contribution < -0.4 is 5.32 Å². The molecule has 0 spiro atoms. The molecule has 37 heavy (non-hydrogen) atoms. The van der Waals surface area contributed by atoms with Crippen LogP contribution in [0, 0.1) is 44.4 Å². The molecule has 1 N–H and O–H groups in total. The Morgan fingerprint density at radius 2 is 1.81 bits per heavy atom. The van der Waals surface area contributed by atoms with Crippen LogP contribution in [0.25, 0.3) is 12.2 Å². The molecule has 0 aliphatic carbocycles. The average molecular weight is 528 g/mol. The van der Waals surface area contributed by atoms with Gasteiger partial charge in [-0.1, -0.05) is 12.1 Å². The first-order valence-corrected chi connectivity index (χ1v) is 13.4. The number of nitriles is 1. The summed E-state index contributed by atoms with van der Waals surface area (Å²) in [5.41, 5.74) is 6.03. The Morgan fingerprint density at radius 3 is 2.41 bits per heavy atom. The topological polar surface area (TPSA) is 64.8 Å². The molecule has 0 unspecified atom stereocenters. The van der Waals surface area contributed by atoms with Gasteiger partial charge in [0.1, 0.15) is 5.82 Å². The SMILES string of the molecule is C#Cc1nc(C)c(/C=C(\C)S(F)(F)F)c(NC2CCN(Cc3ccc(C)c(/C=C(\C)C#N)c3C)CC2)n1. The van der Waals surface area contributed by atoms with E-state index in [0.717, 1.165) is 56.6 Å². The van der Waals surface area contributed by atoms with E-state index in [4.69, 9.17) is 6.42 Å². The molecule has 1 aromatic carbocycles. The predicted molar refractivity (Wildman–Crippen MR) is 146 cm³/mol. The monoisotopic (exact) mass is 527 g/mol. The number of likely N-dealkylation sites (tertiary alicyclic amines) is 1. The first-order valence-electron chi connectivity index (χ1n) is 12.0. The third-order valence-corrected chi connectivity index (χ3v) is 7.53. The Morgan fingerprint density at radius 1 is 1.14 bits per heavy atom. The highest BCUT2D eigenvalue weighted by Gasteiger charge is 2.26. The summed E-state index contributed by atoms with van der Waals surface area (Å²) >= 11 is -5.33. The number of anilines is 1. The molecule has 9 heteroatoms. The molecule has 1 aliphatic heterocycles. The van der Waals surface area contributed by atoms with Crippen molar-refractivity contribution in [3.05, 3.63) is 61.9 Å². The second kappa shape index (κ2) is 11.9. The van der Waals surface area contributed by atoms with E-state index >= 15 is 0 Å². The highest BCUT2D eigenvalue weighted by molar-refractivity contribution is 8.24. The van der Waals surface area contributed by atoms with E-state index in [1.54, 1.807) is 6.92 Å². The smallest absolute Gasteiger partial charge is 0.233 e. The lowest BCUT2D eigenvalue weighted by molar-refractivity contribution is 0.211. The molecule has 3 rings (SSSR count). The number of terminal acetylenes is 1. The zero-order valence-corrected chi connectivity index (χ0v) is 22.6. The third-order valence-electron chi connectivity index (χ3n) is 6.68. The number of allylic oxidation sites excluding steroid dienone is 2. The van der Waals surface area contributed by atoms with Crippen molar-refractivity contribution in [1.29, 1.82) is 5.26 Å². The van der Waals surface area contributed by atoms with E-state index in [1.165, 1.54) is 11.1 Å². The zero-order valence-electron chi connectivity index (χ0n) is 21.8. The van der Waals surface area contributed by atoms with Crippen LogP contribution in [0.15, 0.2) is 22.6 Å². The lowest BCUT2D eigenvalue weighted by Gasteiger charge is -2.33. The van der Waals surface area contributed by atoms with Crippen LogP contribution in [0.3, 0.4) is 0 Å². The summed E-state index contributed by atoms with van der Waals surface area (Å²) < 4.78 is 39.8. The standard InChI is InChI=1S/C28H32F3N5S/c1-7-27-33-22(6)26(15-20(4)37(29,30)31)28(35-27)34-24-10-12-36(13-11-24)17-23-9-8-19(3)25(21(23)5)14-18(2)16-32/h1,8-9,14-15,24H,10-13,17H2,2-6H3,(H,33,34,35)/b18-14+,20-15+. The maximum absolute atomic E-state index is 13.3. The Bertz CT molecular complexity index is 1310. The fourth-order valence-electron chi connectivity index (χ4n) is 4.42. The molecule has 196 valence electrons. The quantitative estimate of drug-likeness (QED) is 0.305. The molecule has 0 atom stereocenters. The number of nitrogens with zero attached hydrogens (tertiary/aromatic N) is 4. The molecule has 2 heterocycles. The van der Waals surface area contributed by atoms with E-state index in [-0.39, 0.29) is 11.9 Å². The highest BCUT2D eigenvalue weighted by atomic mass is 32.3. The fraction of sp³-hybridized carbons (Fsp3) is 0.393. The van der Waals surface area contributed by atoms with Gasteiger partial charge in [0.15, 0.2) is 0 Å². The molecule has 0 amide bonds. The van der Waals surface area contributed by atoms with Crippen molar-refractivity contribution in [3.8, 4) is 18.4 Å². The summed E-state index contributed by atoms with van der Waals surface area (Å²) in [5, 5.41) is 12.5. The molecule has 1 fully saturated rings. The van der Waals surface area contributed by atoms with Crippen molar-refractivity contribution < 1.29 is 11.7 Å². The van der Waals surface area contributed by atoms with Crippen LogP contribution in [0.4, 0.5) is 17.5 Å². The van der Waals surface area contributed by atoms with E-state index in [9.17, 15) is 16.9 Å². The summed E-state index contributed by atoms with van der Waals surface area (Å²) in [6.07, 6.45) is 10.2. The number of hydrogen-bond donors (Lipinski definition) is 1. The molecule has 0 bridgehead atoms. The van der Waals surface area contributed by atoms with Gasteiger partial charge in [0.05, 0.1) is 16.7 Å². The van der Waals surface area contributed by atoms with Crippen molar-refractivity contribution in [2.45, 2.75) is 60.0 Å². The van der Waals surface area contributed by atoms with Gasteiger partial charge in [0.25, 0.3) is 0 Å². The first kappa shape index (κ1) is 28.3. The zero-order chi connectivity index (χ0) is 27.3. The molecule has 0 saturated carbocycles. The van der Waals surface area contributed by atoms with Crippen molar-refractivity contribution in [2.24, 2.45) is 0 Å². The second-order valence-corrected chi connectivity index (χ2v) is 10.9. The molecule has 0 radical (unpaired) electrons. The highest BCUT2D eigenvalue weighted by Crippen LogP contribution is 2.60. The minimum atomic E-state index is -5.33. The number of rotatable bonds is 7. The van der Waals surface area contributed by atoms with Crippen LogP contribution in [-0.2, 0) is 6.54 Å². The van der Waals surface area contributed by atoms with Gasteiger partial charge in [-0.15, -0.1) is 18.1 Å². The molecule has 1 aliphatic rings. The van der Waals surface area contributed by atoms with E-state index in [2.05, 4.69) is 51.2 Å². The van der Waals surface area contributed by atoms with Crippen LogP contribution in [0.5, 0.6) is 0 Å². The Hall–Kier alpha value is -3.27. The molecular formula is C28H32F3N5S. The van der Waals surface area contributed by atoms with Gasteiger partial charge in [0, 0.05) is 36.8 Å². The van der Waals surface area contributed by atoms with Gasteiger partial charge >= 0.3 is 0 Å². The predicted octanol–water partition coefficient (Wildman–Crippen LogP) is 7.21. The minimum absolute atomic E-state index is 0.0535. The van der Waals surface area contributed by atoms with Crippen molar-refractivity contribution in [2.75, 3.05) is 18.4 Å². The van der Waals surface area contributed by atoms with Crippen molar-refractivity contribution in [1.82, 2.24) is 14.9 Å². The van der Waals surface area contributed by atoms with Crippen LogP contribution in [0.2, 0.25) is 0 Å². The fourth-order valence-corrected chi connectivity index (χ4v) is 4.67. The first-order chi connectivity index (χ1) is 17.4. The lowest BCUT2D eigenvalue weighted by atomic mass is 9.95. The number of piperidine rings is 1. The summed E-state index contributed by atoms with van der Waals surface area (Å²) in [6.45, 7) is 11.1. The minimum Gasteiger partial charge on any atom is -0.367 e. The molecule has 5 nitrogen and oxygen atoms in total. The van der Waals surface area contributed by atoms with Crippen LogP contribution >= 0.6 is 11.2 Å². The Balaban J connectivity index is 1.74. The van der Waals surface area contributed by atoms with E-state index in [0.29, 0.717) is 22.6 Å². The van der Waals surface area contributed by atoms with Crippen LogP contribution in [0.1, 0.15) is 66.0 Å². The maximum atomic E-state index is 13.3. The molecule has 1 saturated heterocycles. The van der Waals surface area contributed by atoms with Crippen LogP contribution in [-0.4, -0.2) is 34.0 Å². The summed E-state index contributed by atoms with van der Waals surface area (Å²) in [7, 11) is 0. The van der Waals surface area contributed by atoms with Gasteiger partial charge < -0.3 is 5.32 Å². The van der Waals surface area contributed by atoms with Crippen molar-refractivity contribution >= 4 is 29.2 Å². The molecular weight excluding hydrogens is 495 g/mol. The number of benzene rings is 1. The molecule has 2 aromatic rings. The maximum Gasteiger partial charge on any atom is 0.233 e. The van der Waals surface area contributed by atoms with Gasteiger partial charge in [-0.3, -0.25) is 4.90 Å². The van der Waals surface area contributed by atoms with Gasteiger partial charge in [-0.25, -0.2) is 9.97 Å². The summed E-state index contributed by atoms with van der Waals surface area (Å²) in [6, 6.07) is 6.48. The second-order valence-electron chi connectivity index (χ2n) is 9.41. The van der Waals surface area contributed by atoms with Gasteiger partial charge in [-0.2, -0.15) is 5.26 Å². The molecule has 1 aromatic heterocycles. The number of hydrogen-bond acceptors (Lipinski definition) is 5.